The highest BCUT2D eigenvalue weighted by Gasteiger charge is 2.47. The third kappa shape index (κ3) is 2.33. The van der Waals surface area contributed by atoms with Gasteiger partial charge in [-0.3, -0.25) is 0 Å². The number of esters is 1. The van der Waals surface area contributed by atoms with Gasteiger partial charge in [0.1, 0.15) is 5.60 Å². The molecule has 2 aliphatic rings. The highest BCUT2D eigenvalue weighted by atomic mass is 16.6. The summed E-state index contributed by atoms with van der Waals surface area (Å²) in [5.41, 5.74) is -0.346. The number of hydrogen-bond acceptors (Lipinski definition) is 2. The second-order valence-electron chi connectivity index (χ2n) is 5.89. The smallest absolute Gasteiger partial charge is 0.365 e. The number of rotatable bonds is 1. The molecule has 2 rings (SSSR count). The number of carbonyl (C=O) groups excluding carboxylic acids is 1. The number of hydrogen-bond donors (Lipinski definition) is 1. The molecular weight excluding hydrogens is 190 g/mol. The van der Waals surface area contributed by atoms with E-state index in [0.717, 1.165) is 12.5 Å². The molecule has 1 saturated carbocycles. The van der Waals surface area contributed by atoms with Crippen molar-refractivity contribution in [2.45, 2.75) is 51.7 Å². The standard InChI is InChI=1S/C12H21NO2/c1-12(2,3)15-11(14)10-9-6-4-5-8(9)7-13-10/h8-10,13H,4-7H2,1-3H3/p+1/t8-,9-,10-/m0/s1. The van der Waals surface area contributed by atoms with Gasteiger partial charge < -0.3 is 10.1 Å². The minimum Gasteiger partial charge on any atom is -0.456 e. The van der Waals surface area contributed by atoms with Crippen molar-refractivity contribution in [3.05, 3.63) is 0 Å². The van der Waals surface area contributed by atoms with E-state index in [4.69, 9.17) is 4.74 Å². The van der Waals surface area contributed by atoms with Gasteiger partial charge in [0.15, 0.2) is 6.04 Å². The molecule has 0 spiro atoms. The zero-order chi connectivity index (χ0) is 11.1. The van der Waals surface area contributed by atoms with Crippen molar-refractivity contribution in [1.82, 2.24) is 0 Å². The zero-order valence-corrected chi connectivity index (χ0v) is 9.95. The Morgan fingerprint density at radius 2 is 2.07 bits per heavy atom. The van der Waals surface area contributed by atoms with Crippen LogP contribution < -0.4 is 5.32 Å². The summed E-state index contributed by atoms with van der Waals surface area (Å²) in [5, 5.41) is 2.18. The molecule has 0 amide bonds. The van der Waals surface area contributed by atoms with E-state index < -0.39 is 0 Å². The van der Waals surface area contributed by atoms with Crippen LogP contribution in [0.2, 0.25) is 0 Å². The number of nitrogens with two attached hydrogens (primary N) is 1. The maximum Gasteiger partial charge on any atom is 0.365 e. The quantitative estimate of drug-likeness (QED) is 0.650. The molecule has 1 heterocycles. The van der Waals surface area contributed by atoms with Crippen molar-refractivity contribution in [2.75, 3.05) is 6.54 Å². The Morgan fingerprint density at radius 3 is 2.73 bits per heavy atom. The molecule has 86 valence electrons. The molecule has 15 heavy (non-hydrogen) atoms. The van der Waals surface area contributed by atoms with E-state index in [1.54, 1.807) is 0 Å². The summed E-state index contributed by atoms with van der Waals surface area (Å²) in [6.45, 7) is 6.93. The van der Waals surface area contributed by atoms with Gasteiger partial charge in [0.25, 0.3) is 0 Å². The summed E-state index contributed by atoms with van der Waals surface area (Å²) in [6, 6.07) is 0.0803. The van der Waals surface area contributed by atoms with Crippen molar-refractivity contribution in [2.24, 2.45) is 11.8 Å². The predicted octanol–water partition coefficient (Wildman–Crippen LogP) is 0.690. The van der Waals surface area contributed by atoms with E-state index >= 15 is 0 Å². The van der Waals surface area contributed by atoms with E-state index in [2.05, 4.69) is 5.32 Å². The minimum absolute atomic E-state index is 0.00287. The van der Waals surface area contributed by atoms with Crippen molar-refractivity contribution >= 4 is 5.97 Å². The van der Waals surface area contributed by atoms with Gasteiger partial charge >= 0.3 is 5.97 Å². The van der Waals surface area contributed by atoms with Crippen molar-refractivity contribution in [3.63, 3.8) is 0 Å². The van der Waals surface area contributed by atoms with Crippen LogP contribution in [0.5, 0.6) is 0 Å². The first-order valence-electron chi connectivity index (χ1n) is 6.03. The topological polar surface area (TPSA) is 42.9 Å². The van der Waals surface area contributed by atoms with E-state index in [1.165, 1.54) is 19.3 Å². The highest BCUT2D eigenvalue weighted by molar-refractivity contribution is 5.75. The van der Waals surface area contributed by atoms with Crippen LogP contribution in [0.3, 0.4) is 0 Å². The molecule has 0 aromatic carbocycles. The van der Waals surface area contributed by atoms with E-state index in [-0.39, 0.29) is 17.6 Å². The van der Waals surface area contributed by atoms with Crippen LogP contribution in [0.15, 0.2) is 0 Å². The average molecular weight is 212 g/mol. The normalized spacial score (nSPS) is 35.3. The van der Waals surface area contributed by atoms with Crippen LogP contribution in [0.25, 0.3) is 0 Å². The number of ether oxygens (including phenoxy) is 1. The van der Waals surface area contributed by atoms with Gasteiger partial charge in [-0.2, -0.15) is 0 Å². The van der Waals surface area contributed by atoms with Crippen molar-refractivity contribution in [3.8, 4) is 0 Å². The largest absolute Gasteiger partial charge is 0.456 e. The molecule has 0 aromatic heterocycles. The SMILES string of the molecule is CC(C)(C)OC(=O)[C@H]1[NH2+]C[C@@H]2CCC[C@@H]21. The summed E-state index contributed by atoms with van der Waals surface area (Å²) in [6.07, 6.45) is 3.81. The summed E-state index contributed by atoms with van der Waals surface area (Å²) >= 11 is 0. The fourth-order valence-electron chi connectivity index (χ4n) is 2.97. The molecule has 2 fully saturated rings. The Labute approximate surface area is 91.6 Å². The van der Waals surface area contributed by atoms with Crippen LogP contribution in [0, 0.1) is 11.8 Å². The summed E-state index contributed by atoms with van der Waals surface area (Å²) in [5.74, 6) is 1.35. The summed E-state index contributed by atoms with van der Waals surface area (Å²) in [4.78, 5) is 12.0. The molecule has 3 heteroatoms. The molecule has 0 aromatic rings. The van der Waals surface area contributed by atoms with Crippen LogP contribution in [0.4, 0.5) is 0 Å². The molecule has 3 nitrogen and oxygen atoms in total. The molecule has 0 unspecified atom stereocenters. The minimum atomic E-state index is -0.346. The van der Waals surface area contributed by atoms with Gasteiger partial charge in [-0.05, 0) is 33.6 Å². The second-order valence-corrected chi connectivity index (χ2v) is 5.89. The predicted molar refractivity (Wildman–Crippen MR) is 57.3 cm³/mol. The first-order chi connectivity index (χ1) is 6.97. The lowest BCUT2D eigenvalue weighted by Gasteiger charge is -2.22. The Bertz CT molecular complexity index is 257. The van der Waals surface area contributed by atoms with Crippen LogP contribution >= 0.6 is 0 Å². The molecular formula is C12H22NO2+. The maximum absolute atomic E-state index is 12.0. The fourth-order valence-corrected chi connectivity index (χ4v) is 2.97. The van der Waals surface area contributed by atoms with Gasteiger partial charge in [0.2, 0.25) is 0 Å². The monoisotopic (exact) mass is 212 g/mol. The van der Waals surface area contributed by atoms with Crippen LogP contribution in [-0.4, -0.2) is 24.2 Å². The number of carbonyl (C=O) groups is 1. The lowest BCUT2D eigenvalue weighted by molar-refractivity contribution is -0.664. The van der Waals surface area contributed by atoms with Crippen molar-refractivity contribution in [1.29, 1.82) is 0 Å². The van der Waals surface area contributed by atoms with E-state index in [1.807, 2.05) is 20.8 Å². The molecule has 1 aliphatic heterocycles. The molecule has 3 atom stereocenters. The van der Waals surface area contributed by atoms with Crippen LogP contribution in [0.1, 0.15) is 40.0 Å². The maximum atomic E-state index is 12.0. The van der Waals surface area contributed by atoms with Gasteiger partial charge in [-0.25, -0.2) is 4.79 Å². The second kappa shape index (κ2) is 3.78. The zero-order valence-electron chi connectivity index (χ0n) is 9.95. The Morgan fingerprint density at radius 1 is 1.33 bits per heavy atom. The van der Waals surface area contributed by atoms with Gasteiger partial charge in [-0.1, -0.05) is 6.42 Å². The lowest BCUT2D eigenvalue weighted by Crippen LogP contribution is -2.89. The molecule has 1 aliphatic carbocycles. The lowest BCUT2D eigenvalue weighted by atomic mass is 9.94. The molecule has 1 saturated heterocycles. The number of fused-ring (bicyclic) bond motifs is 1. The number of quaternary nitrogens is 1. The molecule has 0 bridgehead atoms. The molecule has 0 radical (unpaired) electrons. The van der Waals surface area contributed by atoms with E-state index in [9.17, 15) is 4.79 Å². The summed E-state index contributed by atoms with van der Waals surface area (Å²) in [7, 11) is 0. The van der Waals surface area contributed by atoms with Gasteiger partial charge in [0, 0.05) is 11.8 Å². The average Bonchev–Trinajstić information content (AvgIpc) is 2.57. The van der Waals surface area contributed by atoms with Gasteiger partial charge in [-0.15, -0.1) is 0 Å². The third-order valence-corrected chi connectivity index (χ3v) is 3.55. The fraction of sp³-hybridized carbons (Fsp3) is 0.917. The Hall–Kier alpha value is -0.570. The Kier molecular flexibility index (Phi) is 2.75. The van der Waals surface area contributed by atoms with E-state index in [0.29, 0.717) is 5.92 Å². The third-order valence-electron chi connectivity index (χ3n) is 3.55. The molecule has 2 N–H and O–H groups in total. The van der Waals surface area contributed by atoms with Crippen molar-refractivity contribution < 1.29 is 14.8 Å². The van der Waals surface area contributed by atoms with Gasteiger partial charge in [0.05, 0.1) is 6.54 Å². The summed E-state index contributed by atoms with van der Waals surface area (Å²) < 4.78 is 5.46. The highest BCUT2D eigenvalue weighted by Crippen LogP contribution is 2.35. The Balaban J connectivity index is 1.96. The van der Waals surface area contributed by atoms with Crippen LogP contribution in [-0.2, 0) is 9.53 Å². The first-order valence-corrected chi connectivity index (χ1v) is 6.03. The first kappa shape index (κ1) is 10.9.